The van der Waals surface area contributed by atoms with Gasteiger partial charge in [-0.2, -0.15) is 13.2 Å². The van der Waals surface area contributed by atoms with Gasteiger partial charge in [-0.3, -0.25) is 9.59 Å². The lowest BCUT2D eigenvalue weighted by atomic mass is 10.0. The van der Waals surface area contributed by atoms with E-state index in [1.165, 1.54) is 0 Å². The first-order chi connectivity index (χ1) is 9.88. The predicted octanol–water partition coefficient (Wildman–Crippen LogP) is 1.98. The monoisotopic (exact) mass is 296 g/mol. The van der Waals surface area contributed by atoms with Crippen LogP contribution in [0.3, 0.4) is 0 Å². The SMILES string of the molecule is O=C(N1CCc2[nH]c3ccccc3c(=O)c2C1)C(F)(F)F. The van der Waals surface area contributed by atoms with Gasteiger partial charge in [-0.25, -0.2) is 0 Å². The molecule has 0 fully saturated rings. The van der Waals surface area contributed by atoms with Crippen molar-refractivity contribution in [2.24, 2.45) is 0 Å². The molecule has 1 aliphatic heterocycles. The fraction of sp³-hybridized carbons (Fsp3) is 0.286. The van der Waals surface area contributed by atoms with Gasteiger partial charge in [-0.1, -0.05) is 12.1 Å². The fourth-order valence-corrected chi connectivity index (χ4v) is 2.58. The maximum atomic E-state index is 12.5. The fourth-order valence-electron chi connectivity index (χ4n) is 2.58. The molecule has 4 nitrogen and oxygen atoms in total. The van der Waals surface area contributed by atoms with Gasteiger partial charge in [0.2, 0.25) is 0 Å². The summed E-state index contributed by atoms with van der Waals surface area (Å²) in [6.07, 6.45) is -4.71. The van der Waals surface area contributed by atoms with E-state index in [4.69, 9.17) is 0 Å². The Morgan fingerprint density at radius 1 is 1.24 bits per heavy atom. The number of pyridine rings is 1. The second-order valence-electron chi connectivity index (χ2n) is 4.93. The summed E-state index contributed by atoms with van der Waals surface area (Å²) in [5, 5.41) is 0.414. The first kappa shape index (κ1) is 13.7. The molecule has 2 aromatic rings. The van der Waals surface area contributed by atoms with Gasteiger partial charge in [-0.15, -0.1) is 0 Å². The number of para-hydroxylation sites is 1. The number of nitrogens with one attached hydrogen (secondary N) is 1. The molecule has 7 heteroatoms. The number of aromatic amines is 1. The van der Waals surface area contributed by atoms with Crippen LogP contribution in [0.5, 0.6) is 0 Å². The molecule has 3 rings (SSSR count). The smallest absolute Gasteiger partial charge is 0.358 e. The average Bonchev–Trinajstić information content (AvgIpc) is 2.45. The third-order valence-electron chi connectivity index (χ3n) is 3.61. The lowest BCUT2D eigenvalue weighted by Crippen LogP contribution is -2.45. The number of nitrogens with zero attached hydrogens (tertiary/aromatic N) is 1. The first-order valence-electron chi connectivity index (χ1n) is 6.37. The zero-order chi connectivity index (χ0) is 15.2. The van der Waals surface area contributed by atoms with Crippen molar-refractivity contribution in [2.45, 2.75) is 19.1 Å². The molecule has 0 saturated carbocycles. The van der Waals surface area contributed by atoms with Gasteiger partial charge in [0.1, 0.15) is 0 Å². The van der Waals surface area contributed by atoms with E-state index in [0.29, 0.717) is 21.5 Å². The van der Waals surface area contributed by atoms with Crippen LogP contribution in [0.15, 0.2) is 29.1 Å². The van der Waals surface area contributed by atoms with Crippen LogP contribution in [0.2, 0.25) is 0 Å². The number of aromatic nitrogens is 1. The molecule has 0 atom stereocenters. The molecule has 1 aliphatic rings. The van der Waals surface area contributed by atoms with Crippen LogP contribution < -0.4 is 5.43 Å². The summed E-state index contributed by atoms with van der Waals surface area (Å²) in [6.45, 7) is -0.368. The summed E-state index contributed by atoms with van der Waals surface area (Å²) in [5.74, 6) is -1.90. The van der Waals surface area contributed by atoms with Crippen LogP contribution in [-0.4, -0.2) is 28.5 Å². The number of amides is 1. The van der Waals surface area contributed by atoms with Gasteiger partial charge < -0.3 is 9.88 Å². The van der Waals surface area contributed by atoms with Crippen LogP contribution in [0.1, 0.15) is 11.3 Å². The van der Waals surface area contributed by atoms with E-state index in [9.17, 15) is 22.8 Å². The quantitative estimate of drug-likeness (QED) is 0.808. The normalized spacial score (nSPS) is 15.1. The van der Waals surface area contributed by atoms with Crippen molar-refractivity contribution >= 4 is 16.8 Å². The Morgan fingerprint density at radius 2 is 1.95 bits per heavy atom. The Hall–Kier alpha value is -2.31. The molecule has 21 heavy (non-hydrogen) atoms. The number of alkyl halides is 3. The molecule has 1 amide bonds. The van der Waals surface area contributed by atoms with Crippen LogP contribution in [0.25, 0.3) is 10.9 Å². The van der Waals surface area contributed by atoms with Gasteiger partial charge in [-0.05, 0) is 12.1 Å². The molecule has 0 unspecified atom stereocenters. The number of hydrogen-bond acceptors (Lipinski definition) is 2. The minimum Gasteiger partial charge on any atom is -0.358 e. The van der Waals surface area contributed by atoms with Gasteiger partial charge in [0.15, 0.2) is 5.43 Å². The van der Waals surface area contributed by atoms with Crippen molar-refractivity contribution in [1.29, 1.82) is 0 Å². The Morgan fingerprint density at radius 3 is 2.67 bits per heavy atom. The van der Waals surface area contributed by atoms with Crippen LogP contribution in [-0.2, 0) is 17.8 Å². The molecular weight excluding hydrogens is 285 g/mol. The number of rotatable bonds is 0. The van der Waals surface area contributed by atoms with Crippen molar-refractivity contribution in [3.8, 4) is 0 Å². The minimum atomic E-state index is -4.92. The lowest BCUT2D eigenvalue weighted by molar-refractivity contribution is -0.186. The van der Waals surface area contributed by atoms with Crippen molar-refractivity contribution in [3.63, 3.8) is 0 Å². The van der Waals surface area contributed by atoms with E-state index in [1.54, 1.807) is 24.3 Å². The molecule has 110 valence electrons. The number of carbonyl (C=O) groups is 1. The molecule has 0 bridgehead atoms. The first-order valence-corrected chi connectivity index (χ1v) is 6.37. The molecule has 1 aromatic carbocycles. The van der Waals surface area contributed by atoms with E-state index in [1.807, 2.05) is 0 Å². The minimum absolute atomic E-state index is 0.0559. The van der Waals surface area contributed by atoms with Gasteiger partial charge in [0, 0.05) is 35.1 Å². The van der Waals surface area contributed by atoms with Crippen molar-refractivity contribution in [1.82, 2.24) is 9.88 Å². The topological polar surface area (TPSA) is 53.2 Å². The summed E-state index contributed by atoms with van der Waals surface area (Å²) in [6, 6.07) is 6.81. The highest BCUT2D eigenvalue weighted by molar-refractivity contribution is 5.83. The zero-order valence-corrected chi connectivity index (χ0v) is 10.8. The van der Waals surface area contributed by atoms with Crippen LogP contribution in [0, 0.1) is 0 Å². The van der Waals surface area contributed by atoms with E-state index < -0.39 is 12.1 Å². The second-order valence-corrected chi connectivity index (χ2v) is 4.93. The van der Waals surface area contributed by atoms with Gasteiger partial charge in [0.05, 0.1) is 6.54 Å². The highest BCUT2D eigenvalue weighted by Crippen LogP contribution is 2.24. The lowest BCUT2D eigenvalue weighted by Gasteiger charge is -2.29. The van der Waals surface area contributed by atoms with Crippen LogP contribution >= 0.6 is 0 Å². The van der Waals surface area contributed by atoms with E-state index in [-0.39, 0.29) is 30.5 Å². The molecule has 0 radical (unpaired) electrons. The van der Waals surface area contributed by atoms with Crippen molar-refractivity contribution < 1.29 is 18.0 Å². The molecule has 1 aromatic heterocycles. The summed E-state index contributed by atoms with van der Waals surface area (Å²) < 4.78 is 37.5. The van der Waals surface area contributed by atoms with Gasteiger partial charge >= 0.3 is 12.1 Å². The number of benzene rings is 1. The number of hydrogen-bond donors (Lipinski definition) is 1. The molecular formula is C14H11F3N2O2. The van der Waals surface area contributed by atoms with Gasteiger partial charge in [0.25, 0.3) is 0 Å². The number of carbonyl (C=O) groups excluding carboxylic acids is 1. The largest absolute Gasteiger partial charge is 0.471 e. The molecule has 2 heterocycles. The predicted molar refractivity (Wildman–Crippen MR) is 69.7 cm³/mol. The summed E-state index contributed by atoms with van der Waals surface area (Å²) in [5.41, 5.74) is 1.17. The Kier molecular flexibility index (Phi) is 3.00. The zero-order valence-electron chi connectivity index (χ0n) is 10.8. The maximum Gasteiger partial charge on any atom is 0.471 e. The van der Waals surface area contributed by atoms with Crippen LogP contribution in [0.4, 0.5) is 13.2 Å². The number of fused-ring (bicyclic) bond motifs is 2. The van der Waals surface area contributed by atoms with E-state index >= 15 is 0 Å². The molecule has 1 N–H and O–H groups in total. The van der Waals surface area contributed by atoms with Crippen molar-refractivity contribution in [2.75, 3.05) is 6.54 Å². The van der Waals surface area contributed by atoms with E-state index in [2.05, 4.69) is 4.98 Å². The standard InChI is InChI=1S/C14H11F3N2O2/c15-14(16,17)13(21)19-6-5-11-9(7-19)12(20)8-3-1-2-4-10(8)18-11/h1-4H,5-7H2,(H,18,20). The summed E-state index contributed by atoms with van der Waals surface area (Å²) in [7, 11) is 0. The highest BCUT2D eigenvalue weighted by atomic mass is 19.4. The number of H-pyrrole nitrogens is 1. The highest BCUT2D eigenvalue weighted by Gasteiger charge is 2.43. The second kappa shape index (κ2) is 4.61. The average molecular weight is 296 g/mol. The Balaban J connectivity index is 2.05. The molecule has 0 spiro atoms. The maximum absolute atomic E-state index is 12.5. The summed E-state index contributed by atoms with van der Waals surface area (Å²) >= 11 is 0. The number of halogens is 3. The van der Waals surface area contributed by atoms with Crippen molar-refractivity contribution in [3.05, 3.63) is 45.7 Å². The molecule has 0 aliphatic carbocycles. The Labute approximate surface area is 117 Å². The third-order valence-corrected chi connectivity index (χ3v) is 3.61. The Bertz CT molecular complexity index is 780. The molecule has 0 saturated heterocycles. The summed E-state index contributed by atoms with van der Waals surface area (Å²) in [4.78, 5) is 27.4. The third kappa shape index (κ3) is 2.28. The van der Waals surface area contributed by atoms with E-state index in [0.717, 1.165) is 0 Å².